The molecule has 0 saturated carbocycles. The van der Waals surface area contributed by atoms with Crippen LogP contribution in [-0.4, -0.2) is 27.2 Å². The van der Waals surface area contributed by atoms with Gasteiger partial charge in [-0.3, -0.25) is 0 Å². The average molecular weight is 231 g/mol. The van der Waals surface area contributed by atoms with Crippen LogP contribution >= 0.6 is 0 Å². The zero-order chi connectivity index (χ0) is 11.8. The van der Waals surface area contributed by atoms with Crippen molar-refractivity contribution in [3.8, 4) is 0 Å². The Balaban J connectivity index is 2.14. The fourth-order valence-electron chi connectivity index (χ4n) is 2.29. The number of aryl methyl sites for hydroxylation is 2. The lowest BCUT2D eigenvalue weighted by molar-refractivity contribution is 0.0528. The quantitative estimate of drug-likeness (QED) is 0.733. The number of hydrogen-bond acceptors (Lipinski definition) is 4. The van der Waals surface area contributed by atoms with Crippen molar-refractivity contribution in [2.75, 3.05) is 6.61 Å². The maximum atomic E-state index is 11.7. The number of nitrogens with zero attached hydrogens (tertiary/aromatic N) is 3. The Bertz CT molecular complexity index is 589. The highest BCUT2D eigenvalue weighted by atomic mass is 16.5. The zero-order valence-corrected chi connectivity index (χ0v) is 9.64. The van der Waals surface area contributed by atoms with Gasteiger partial charge in [-0.05, 0) is 31.7 Å². The molecule has 88 valence electrons. The summed E-state index contributed by atoms with van der Waals surface area (Å²) in [6, 6.07) is 0. The normalized spacial score (nSPS) is 13.9. The molecule has 0 amide bonds. The zero-order valence-electron chi connectivity index (χ0n) is 9.64. The predicted molar refractivity (Wildman–Crippen MR) is 61.0 cm³/mol. The Labute approximate surface area is 98.4 Å². The first-order valence-electron chi connectivity index (χ1n) is 5.83. The summed E-state index contributed by atoms with van der Waals surface area (Å²) >= 11 is 0. The molecular formula is C12H13N3O2. The molecule has 0 aromatic carbocycles. The van der Waals surface area contributed by atoms with E-state index in [1.807, 2.05) is 6.20 Å². The van der Waals surface area contributed by atoms with Crippen LogP contribution in [0.15, 0.2) is 12.4 Å². The molecule has 0 aliphatic heterocycles. The second-order valence-electron chi connectivity index (χ2n) is 4.10. The Kier molecular flexibility index (Phi) is 2.31. The summed E-state index contributed by atoms with van der Waals surface area (Å²) in [6.07, 6.45) is 6.57. The van der Waals surface area contributed by atoms with E-state index >= 15 is 0 Å². The minimum atomic E-state index is -0.354. The van der Waals surface area contributed by atoms with Crippen LogP contribution in [0.2, 0.25) is 0 Å². The van der Waals surface area contributed by atoms with E-state index in [1.165, 1.54) is 11.3 Å². The fraction of sp³-hybridized carbons (Fsp3) is 0.417. The van der Waals surface area contributed by atoms with Crippen molar-refractivity contribution in [2.45, 2.75) is 26.2 Å². The Hall–Kier alpha value is -1.91. The molecule has 0 unspecified atom stereocenters. The van der Waals surface area contributed by atoms with Crippen LogP contribution in [0.25, 0.3) is 5.65 Å². The van der Waals surface area contributed by atoms with Crippen LogP contribution < -0.4 is 0 Å². The monoisotopic (exact) mass is 231 g/mol. The summed E-state index contributed by atoms with van der Waals surface area (Å²) in [7, 11) is 0. The van der Waals surface area contributed by atoms with Gasteiger partial charge in [0.15, 0.2) is 5.65 Å². The first-order chi connectivity index (χ1) is 8.31. The van der Waals surface area contributed by atoms with Gasteiger partial charge in [-0.1, -0.05) is 0 Å². The highest BCUT2D eigenvalue weighted by Crippen LogP contribution is 2.22. The molecule has 0 atom stereocenters. The third-order valence-corrected chi connectivity index (χ3v) is 3.07. The maximum Gasteiger partial charge on any atom is 0.343 e. The van der Waals surface area contributed by atoms with Gasteiger partial charge in [0.1, 0.15) is 5.56 Å². The first-order valence-corrected chi connectivity index (χ1v) is 5.83. The molecule has 3 rings (SSSR count). The molecule has 5 heteroatoms. The Morgan fingerprint density at radius 2 is 2.35 bits per heavy atom. The molecule has 0 bridgehead atoms. The fourth-order valence-corrected chi connectivity index (χ4v) is 2.29. The van der Waals surface area contributed by atoms with Crippen molar-refractivity contribution in [2.24, 2.45) is 0 Å². The Morgan fingerprint density at radius 3 is 3.18 bits per heavy atom. The van der Waals surface area contributed by atoms with Crippen molar-refractivity contribution in [3.63, 3.8) is 0 Å². The van der Waals surface area contributed by atoms with Crippen molar-refractivity contribution in [3.05, 3.63) is 29.2 Å². The van der Waals surface area contributed by atoms with E-state index < -0.39 is 0 Å². The van der Waals surface area contributed by atoms with Crippen molar-refractivity contribution >= 4 is 11.6 Å². The topological polar surface area (TPSA) is 56.5 Å². The van der Waals surface area contributed by atoms with E-state index in [-0.39, 0.29) is 5.97 Å². The molecule has 1 aliphatic rings. The van der Waals surface area contributed by atoms with Crippen molar-refractivity contribution in [1.29, 1.82) is 0 Å². The lowest BCUT2D eigenvalue weighted by atomic mass is 10.2. The number of rotatable bonds is 2. The summed E-state index contributed by atoms with van der Waals surface area (Å²) in [6.45, 7) is 2.15. The van der Waals surface area contributed by atoms with Crippen LogP contribution in [0.5, 0.6) is 0 Å². The molecular weight excluding hydrogens is 218 g/mol. The van der Waals surface area contributed by atoms with E-state index in [0.717, 1.165) is 19.3 Å². The summed E-state index contributed by atoms with van der Waals surface area (Å²) in [4.78, 5) is 16.0. The SMILES string of the molecule is CCOC(=O)c1cnn2c3c(cnc12)CCC3. The van der Waals surface area contributed by atoms with Gasteiger partial charge in [-0.2, -0.15) is 5.10 Å². The average Bonchev–Trinajstić information content (AvgIpc) is 2.94. The van der Waals surface area contributed by atoms with Gasteiger partial charge in [-0.25, -0.2) is 14.3 Å². The second kappa shape index (κ2) is 3.84. The maximum absolute atomic E-state index is 11.7. The Morgan fingerprint density at radius 1 is 1.47 bits per heavy atom. The summed E-state index contributed by atoms with van der Waals surface area (Å²) in [5.41, 5.74) is 3.45. The largest absolute Gasteiger partial charge is 0.462 e. The van der Waals surface area contributed by atoms with E-state index in [2.05, 4.69) is 10.1 Å². The lowest BCUT2D eigenvalue weighted by Crippen LogP contribution is -2.06. The first kappa shape index (κ1) is 10.3. The minimum absolute atomic E-state index is 0.354. The predicted octanol–water partition coefficient (Wildman–Crippen LogP) is 1.39. The van der Waals surface area contributed by atoms with Gasteiger partial charge in [0, 0.05) is 11.9 Å². The van der Waals surface area contributed by atoms with Crippen LogP contribution in [0.1, 0.15) is 35.0 Å². The second-order valence-corrected chi connectivity index (χ2v) is 4.10. The van der Waals surface area contributed by atoms with Crippen LogP contribution in [-0.2, 0) is 17.6 Å². The van der Waals surface area contributed by atoms with E-state index in [1.54, 1.807) is 17.6 Å². The van der Waals surface area contributed by atoms with E-state index in [9.17, 15) is 4.79 Å². The standard InChI is InChI=1S/C12H13N3O2/c1-2-17-12(16)9-7-14-15-10-5-3-4-8(10)6-13-11(9)15/h6-7H,2-5H2,1H3. The number of carbonyl (C=O) groups is 1. The number of hydrogen-bond donors (Lipinski definition) is 0. The highest BCUT2D eigenvalue weighted by Gasteiger charge is 2.20. The van der Waals surface area contributed by atoms with Crippen LogP contribution in [0.4, 0.5) is 0 Å². The molecule has 2 heterocycles. The van der Waals surface area contributed by atoms with Gasteiger partial charge >= 0.3 is 5.97 Å². The summed E-state index contributed by atoms with van der Waals surface area (Å²) < 4.78 is 6.75. The number of aromatic nitrogens is 3. The van der Waals surface area contributed by atoms with Crippen LogP contribution in [0.3, 0.4) is 0 Å². The summed E-state index contributed by atoms with van der Waals surface area (Å²) in [5.74, 6) is -0.354. The van der Waals surface area contributed by atoms with Crippen LogP contribution in [0, 0.1) is 0 Å². The highest BCUT2D eigenvalue weighted by molar-refractivity contribution is 5.95. The van der Waals surface area contributed by atoms with Gasteiger partial charge in [0.05, 0.1) is 12.8 Å². The van der Waals surface area contributed by atoms with Crippen molar-refractivity contribution < 1.29 is 9.53 Å². The van der Waals surface area contributed by atoms with Gasteiger partial charge in [0.25, 0.3) is 0 Å². The molecule has 0 fully saturated rings. The lowest BCUT2D eigenvalue weighted by Gasteiger charge is -2.03. The molecule has 0 radical (unpaired) electrons. The van der Waals surface area contributed by atoms with Gasteiger partial charge in [0.2, 0.25) is 0 Å². The van der Waals surface area contributed by atoms with Crippen molar-refractivity contribution in [1.82, 2.24) is 14.6 Å². The minimum Gasteiger partial charge on any atom is -0.462 e. The van der Waals surface area contributed by atoms with Gasteiger partial charge < -0.3 is 4.74 Å². The molecule has 17 heavy (non-hydrogen) atoms. The molecule has 0 N–H and O–H groups in total. The number of fused-ring (bicyclic) bond motifs is 3. The van der Waals surface area contributed by atoms with E-state index in [0.29, 0.717) is 17.8 Å². The number of esters is 1. The molecule has 2 aromatic rings. The smallest absolute Gasteiger partial charge is 0.343 e. The molecule has 0 spiro atoms. The van der Waals surface area contributed by atoms with E-state index in [4.69, 9.17) is 4.74 Å². The molecule has 5 nitrogen and oxygen atoms in total. The number of carbonyl (C=O) groups excluding carboxylic acids is 1. The third-order valence-electron chi connectivity index (χ3n) is 3.07. The number of ether oxygens (including phenoxy) is 1. The summed E-state index contributed by atoms with van der Waals surface area (Å²) in [5, 5.41) is 4.25. The third kappa shape index (κ3) is 1.50. The molecule has 1 aliphatic carbocycles. The molecule has 0 saturated heterocycles. The van der Waals surface area contributed by atoms with Gasteiger partial charge in [-0.15, -0.1) is 0 Å². The molecule has 2 aromatic heterocycles.